The first-order valence-electron chi connectivity index (χ1n) is 13.7. The van der Waals surface area contributed by atoms with Crippen LogP contribution in [0.1, 0.15) is 56.4 Å². The van der Waals surface area contributed by atoms with Crippen molar-refractivity contribution in [1.82, 2.24) is 24.8 Å². The van der Waals surface area contributed by atoms with E-state index in [4.69, 9.17) is 4.74 Å². The lowest BCUT2D eigenvalue weighted by molar-refractivity contribution is 0.0667. The molecule has 0 radical (unpaired) electrons. The molecule has 8 heteroatoms. The third kappa shape index (κ3) is 5.71. The second-order valence-electron chi connectivity index (χ2n) is 10.4. The Morgan fingerprint density at radius 2 is 1.73 bits per heavy atom. The summed E-state index contributed by atoms with van der Waals surface area (Å²) in [6.07, 6.45) is 9.63. The zero-order valence-corrected chi connectivity index (χ0v) is 22.5. The predicted octanol–water partition coefficient (Wildman–Crippen LogP) is 4.61. The van der Waals surface area contributed by atoms with E-state index in [0.717, 1.165) is 46.7 Å². The minimum atomic E-state index is -0.173. The highest BCUT2D eigenvalue weighted by Gasteiger charge is 2.27. The molecular weight excluding hydrogens is 502 g/mol. The van der Waals surface area contributed by atoms with Gasteiger partial charge in [0.25, 0.3) is 11.8 Å². The Balaban J connectivity index is 1.30. The third-order valence-corrected chi connectivity index (χ3v) is 7.44. The Morgan fingerprint density at radius 3 is 2.50 bits per heavy atom. The Morgan fingerprint density at radius 1 is 0.900 bits per heavy atom. The maximum atomic E-state index is 13.5. The van der Waals surface area contributed by atoms with Gasteiger partial charge in [0, 0.05) is 68.4 Å². The molecule has 1 aliphatic heterocycles. The molecule has 2 aromatic carbocycles. The normalized spacial score (nSPS) is 16.1. The summed E-state index contributed by atoms with van der Waals surface area (Å²) in [6.45, 7) is 1.42. The molecule has 8 nitrogen and oxygen atoms in total. The van der Waals surface area contributed by atoms with Crippen molar-refractivity contribution in [3.8, 4) is 16.9 Å². The average Bonchev–Trinajstić information content (AvgIpc) is 3.85. The maximum Gasteiger partial charge on any atom is 0.257 e. The fourth-order valence-corrected chi connectivity index (χ4v) is 4.96. The van der Waals surface area contributed by atoms with Crippen LogP contribution in [0, 0.1) is 0 Å². The van der Waals surface area contributed by atoms with Gasteiger partial charge in [-0.1, -0.05) is 24.3 Å². The van der Waals surface area contributed by atoms with Gasteiger partial charge in [0.2, 0.25) is 0 Å². The van der Waals surface area contributed by atoms with Crippen molar-refractivity contribution in [2.45, 2.75) is 25.2 Å². The number of amides is 2. The first-order chi connectivity index (χ1) is 19.5. The number of aromatic nitrogens is 3. The Hall–Kier alpha value is -4.59. The molecule has 0 N–H and O–H groups in total. The minimum Gasteiger partial charge on any atom is -0.491 e. The SMILES string of the molecule is CN1CCN(C(=O)c2cnc(C3CC3)nc2)CCOc2ccc(-c3cccnc3)cc2Cc2cccc(c2)C1=O. The van der Waals surface area contributed by atoms with Gasteiger partial charge >= 0.3 is 0 Å². The lowest BCUT2D eigenvalue weighted by atomic mass is 9.98. The van der Waals surface area contributed by atoms with Crippen molar-refractivity contribution >= 4 is 11.8 Å². The summed E-state index contributed by atoms with van der Waals surface area (Å²) in [5.41, 5.74) is 5.13. The number of hydrogen-bond acceptors (Lipinski definition) is 6. The van der Waals surface area contributed by atoms with Crippen LogP contribution in [-0.2, 0) is 6.42 Å². The molecule has 1 aliphatic carbocycles. The summed E-state index contributed by atoms with van der Waals surface area (Å²) in [7, 11) is 1.77. The van der Waals surface area contributed by atoms with Gasteiger partial charge in [-0.15, -0.1) is 0 Å². The van der Waals surface area contributed by atoms with Crippen LogP contribution in [-0.4, -0.2) is 69.9 Å². The van der Waals surface area contributed by atoms with Crippen LogP contribution in [0.5, 0.6) is 5.75 Å². The van der Waals surface area contributed by atoms with Crippen LogP contribution >= 0.6 is 0 Å². The molecule has 40 heavy (non-hydrogen) atoms. The molecule has 3 heterocycles. The fourth-order valence-electron chi connectivity index (χ4n) is 4.96. The van der Waals surface area contributed by atoms with E-state index in [-0.39, 0.29) is 11.8 Å². The summed E-state index contributed by atoms with van der Waals surface area (Å²) in [6, 6.07) is 17.8. The van der Waals surface area contributed by atoms with E-state index >= 15 is 0 Å². The largest absolute Gasteiger partial charge is 0.491 e. The second kappa shape index (κ2) is 11.3. The van der Waals surface area contributed by atoms with Crippen molar-refractivity contribution in [3.05, 3.63) is 107 Å². The topological polar surface area (TPSA) is 88.5 Å². The van der Waals surface area contributed by atoms with Gasteiger partial charge in [0.15, 0.2) is 0 Å². The van der Waals surface area contributed by atoms with E-state index in [0.29, 0.717) is 49.7 Å². The molecule has 0 spiro atoms. The number of carbonyl (C=O) groups excluding carboxylic acids is 2. The Bertz CT molecular complexity index is 1520. The zero-order valence-electron chi connectivity index (χ0n) is 22.5. The van der Waals surface area contributed by atoms with Crippen molar-refractivity contribution in [2.75, 3.05) is 33.3 Å². The lowest BCUT2D eigenvalue weighted by Crippen LogP contribution is -2.41. The Kier molecular flexibility index (Phi) is 7.23. The molecule has 1 fully saturated rings. The molecule has 2 bridgehead atoms. The quantitative estimate of drug-likeness (QED) is 0.382. The highest BCUT2D eigenvalue weighted by molar-refractivity contribution is 5.95. The predicted molar refractivity (Wildman–Crippen MR) is 151 cm³/mol. The summed E-state index contributed by atoms with van der Waals surface area (Å²) < 4.78 is 6.30. The van der Waals surface area contributed by atoms with Crippen LogP contribution in [0.2, 0.25) is 0 Å². The molecule has 1 saturated carbocycles. The van der Waals surface area contributed by atoms with Crippen molar-refractivity contribution < 1.29 is 14.3 Å². The van der Waals surface area contributed by atoms with Crippen LogP contribution in [0.3, 0.4) is 0 Å². The molecule has 2 aromatic heterocycles. The average molecular weight is 534 g/mol. The van der Waals surface area contributed by atoms with Crippen molar-refractivity contribution in [3.63, 3.8) is 0 Å². The van der Waals surface area contributed by atoms with E-state index in [1.165, 1.54) is 0 Å². The first kappa shape index (κ1) is 25.7. The monoisotopic (exact) mass is 533 g/mol. The van der Waals surface area contributed by atoms with E-state index in [1.807, 2.05) is 54.7 Å². The highest BCUT2D eigenvalue weighted by Crippen LogP contribution is 2.37. The summed E-state index contributed by atoms with van der Waals surface area (Å²) in [5.74, 6) is 1.72. The van der Waals surface area contributed by atoms with E-state index < -0.39 is 0 Å². The summed E-state index contributed by atoms with van der Waals surface area (Å²) >= 11 is 0. The van der Waals surface area contributed by atoms with Crippen LogP contribution in [0.15, 0.2) is 79.4 Å². The lowest BCUT2D eigenvalue weighted by Gasteiger charge is -2.27. The standard InChI is InChI=1S/C32H31N5O3/c1-36-12-13-37(32(39)28-20-34-30(35-21-28)23-7-8-23)14-15-40-29-10-9-24(26-6-3-11-33-19-26)18-27(29)17-22-4-2-5-25(16-22)31(36)38/h2-6,9-11,16,18-21,23H,7-8,12-15,17H2,1H3. The molecule has 4 aromatic rings. The van der Waals surface area contributed by atoms with Crippen molar-refractivity contribution in [2.24, 2.45) is 0 Å². The zero-order chi connectivity index (χ0) is 27.5. The fraction of sp³-hybridized carbons (Fsp3) is 0.281. The second-order valence-corrected chi connectivity index (χ2v) is 10.4. The molecule has 6 rings (SSSR count). The first-order valence-corrected chi connectivity index (χ1v) is 13.7. The summed E-state index contributed by atoms with van der Waals surface area (Å²) in [4.78, 5) is 43.3. The van der Waals surface area contributed by atoms with Gasteiger partial charge in [-0.05, 0) is 59.9 Å². The van der Waals surface area contributed by atoms with Gasteiger partial charge < -0.3 is 14.5 Å². The molecule has 0 unspecified atom stereocenters. The Labute approximate surface area is 233 Å². The van der Waals surface area contributed by atoms with Gasteiger partial charge in [0.1, 0.15) is 18.2 Å². The van der Waals surface area contributed by atoms with Gasteiger partial charge in [0.05, 0.1) is 12.1 Å². The maximum absolute atomic E-state index is 13.5. The van der Waals surface area contributed by atoms with Crippen LogP contribution in [0.25, 0.3) is 11.1 Å². The van der Waals surface area contributed by atoms with E-state index in [1.54, 1.807) is 35.4 Å². The number of likely N-dealkylation sites (N-methyl/N-ethyl adjacent to an activating group) is 1. The van der Waals surface area contributed by atoms with Gasteiger partial charge in [-0.25, -0.2) is 9.97 Å². The van der Waals surface area contributed by atoms with Crippen LogP contribution in [0.4, 0.5) is 0 Å². The number of benzene rings is 2. The minimum absolute atomic E-state index is 0.0796. The van der Waals surface area contributed by atoms with Gasteiger partial charge in [-0.2, -0.15) is 0 Å². The van der Waals surface area contributed by atoms with E-state index in [2.05, 4.69) is 21.0 Å². The number of carbonyl (C=O) groups is 2. The van der Waals surface area contributed by atoms with Gasteiger partial charge in [-0.3, -0.25) is 14.6 Å². The summed E-state index contributed by atoms with van der Waals surface area (Å²) in [5, 5.41) is 0. The number of hydrogen-bond donors (Lipinski definition) is 0. The number of nitrogens with zero attached hydrogens (tertiary/aromatic N) is 5. The number of pyridine rings is 1. The number of fused-ring (bicyclic) bond motifs is 3. The smallest absolute Gasteiger partial charge is 0.257 e. The molecular formula is C32H31N5O3. The highest BCUT2D eigenvalue weighted by atomic mass is 16.5. The van der Waals surface area contributed by atoms with Crippen LogP contribution < -0.4 is 4.74 Å². The third-order valence-electron chi connectivity index (χ3n) is 7.44. The molecule has 2 amide bonds. The molecule has 0 saturated heterocycles. The molecule has 0 atom stereocenters. The molecule has 202 valence electrons. The number of rotatable bonds is 3. The van der Waals surface area contributed by atoms with Crippen molar-refractivity contribution in [1.29, 1.82) is 0 Å². The number of ether oxygens (including phenoxy) is 1. The van der Waals surface area contributed by atoms with E-state index in [9.17, 15) is 9.59 Å². The molecule has 2 aliphatic rings.